The Morgan fingerprint density at radius 1 is 1.19 bits per heavy atom. The summed E-state index contributed by atoms with van der Waals surface area (Å²) >= 11 is 6.14. The monoisotopic (exact) mass is 448 g/mol. The lowest BCUT2D eigenvalue weighted by molar-refractivity contribution is -0.139. The fourth-order valence-corrected chi connectivity index (χ4v) is 4.41. The van der Waals surface area contributed by atoms with Crippen molar-refractivity contribution in [3.05, 3.63) is 63.2 Å². The molecule has 0 fully saturated rings. The van der Waals surface area contributed by atoms with Gasteiger partial charge in [-0.25, -0.2) is 15.0 Å². The molecular formula is C20H16ClF3N6O. The van der Waals surface area contributed by atoms with Crippen molar-refractivity contribution >= 4 is 33.5 Å². The number of aromatic nitrogens is 5. The third-order valence-electron chi connectivity index (χ3n) is 5.49. The lowest BCUT2D eigenvalue weighted by Crippen LogP contribution is -2.34. The van der Waals surface area contributed by atoms with E-state index in [-0.39, 0.29) is 16.2 Å². The highest BCUT2D eigenvalue weighted by molar-refractivity contribution is 6.34. The first kappa shape index (κ1) is 20.0. The molecule has 1 aliphatic heterocycles. The van der Waals surface area contributed by atoms with Crippen LogP contribution in [0.1, 0.15) is 16.8 Å². The molecule has 4 aromatic rings. The van der Waals surface area contributed by atoms with Crippen LogP contribution >= 0.6 is 11.6 Å². The van der Waals surface area contributed by atoms with Gasteiger partial charge in [-0.15, -0.1) is 0 Å². The molecule has 31 heavy (non-hydrogen) atoms. The van der Waals surface area contributed by atoms with Crippen LogP contribution in [0.25, 0.3) is 21.9 Å². The number of nitrogens with one attached hydrogen (secondary N) is 1. The molecule has 1 aliphatic rings. The summed E-state index contributed by atoms with van der Waals surface area (Å²) in [6, 6.07) is 5.31. The first-order chi connectivity index (χ1) is 14.8. The van der Waals surface area contributed by atoms with Gasteiger partial charge in [0.2, 0.25) is 0 Å². The summed E-state index contributed by atoms with van der Waals surface area (Å²) < 4.78 is 40.7. The van der Waals surface area contributed by atoms with Crippen molar-refractivity contribution in [1.29, 1.82) is 0 Å². The van der Waals surface area contributed by atoms with E-state index < -0.39 is 12.7 Å². The van der Waals surface area contributed by atoms with Crippen molar-refractivity contribution < 1.29 is 13.2 Å². The van der Waals surface area contributed by atoms with Crippen molar-refractivity contribution in [2.24, 2.45) is 0 Å². The predicted molar refractivity (Wildman–Crippen MR) is 109 cm³/mol. The molecule has 0 bridgehead atoms. The Morgan fingerprint density at radius 3 is 2.84 bits per heavy atom. The van der Waals surface area contributed by atoms with Crippen LogP contribution < -0.4 is 5.56 Å². The topological polar surface area (TPSA) is 79.7 Å². The summed E-state index contributed by atoms with van der Waals surface area (Å²) in [4.78, 5) is 29.0. The van der Waals surface area contributed by atoms with Gasteiger partial charge >= 0.3 is 6.18 Å². The van der Waals surface area contributed by atoms with Gasteiger partial charge in [-0.3, -0.25) is 9.69 Å². The van der Waals surface area contributed by atoms with Gasteiger partial charge in [-0.1, -0.05) is 17.7 Å². The van der Waals surface area contributed by atoms with Crippen molar-refractivity contribution in [1.82, 2.24) is 29.4 Å². The molecule has 0 atom stereocenters. The molecule has 0 aliphatic carbocycles. The molecule has 0 amide bonds. The van der Waals surface area contributed by atoms with Crippen LogP contribution in [0.15, 0.2) is 35.6 Å². The van der Waals surface area contributed by atoms with Gasteiger partial charge in [0.1, 0.15) is 23.9 Å². The second-order valence-electron chi connectivity index (χ2n) is 7.53. The number of benzene rings is 1. The molecule has 0 spiro atoms. The molecule has 0 radical (unpaired) electrons. The van der Waals surface area contributed by atoms with Gasteiger partial charge in [-0.2, -0.15) is 13.2 Å². The minimum Gasteiger partial charge on any atom is -0.327 e. The molecular weight excluding hydrogens is 433 g/mol. The number of fused-ring (bicyclic) bond motifs is 4. The molecule has 5 rings (SSSR count). The number of H-pyrrole nitrogens is 1. The van der Waals surface area contributed by atoms with E-state index in [1.54, 1.807) is 12.1 Å². The van der Waals surface area contributed by atoms with Gasteiger partial charge in [0, 0.05) is 30.6 Å². The summed E-state index contributed by atoms with van der Waals surface area (Å²) in [7, 11) is 0. The van der Waals surface area contributed by atoms with Crippen LogP contribution in [0.3, 0.4) is 0 Å². The third-order valence-corrected chi connectivity index (χ3v) is 5.76. The van der Waals surface area contributed by atoms with Gasteiger partial charge in [-0.05, 0) is 24.1 Å². The highest BCUT2D eigenvalue weighted by atomic mass is 35.5. The van der Waals surface area contributed by atoms with Gasteiger partial charge < -0.3 is 9.55 Å². The number of alkyl halides is 3. The largest absolute Gasteiger partial charge is 0.406 e. The molecule has 11 heteroatoms. The summed E-state index contributed by atoms with van der Waals surface area (Å²) in [5.74, 6) is 0. The predicted octanol–water partition coefficient (Wildman–Crippen LogP) is 3.44. The first-order valence-electron chi connectivity index (χ1n) is 9.56. The molecule has 7 nitrogen and oxygen atoms in total. The fraction of sp³-hybridized carbons (Fsp3) is 0.300. The molecule has 1 aromatic carbocycles. The zero-order valence-electron chi connectivity index (χ0n) is 16.1. The van der Waals surface area contributed by atoms with Crippen molar-refractivity contribution in [3.63, 3.8) is 0 Å². The van der Waals surface area contributed by atoms with E-state index in [0.29, 0.717) is 48.0 Å². The van der Waals surface area contributed by atoms with Gasteiger partial charge in [0.25, 0.3) is 5.56 Å². The average Bonchev–Trinajstić information content (AvgIpc) is 3.01. The third kappa shape index (κ3) is 3.66. The molecule has 1 N–H and O–H groups in total. The first-order valence-corrected chi connectivity index (χ1v) is 9.94. The Morgan fingerprint density at radius 2 is 2.03 bits per heavy atom. The number of halogens is 4. The quantitative estimate of drug-likeness (QED) is 0.486. The van der Waals surface area contributed by atoms with Gasteiger partial charge in [0.05, 0.1) is 17.5 Å². The number of nitrogens with zero attached hydrogens (tertiary/aromatic N) is 5. The maximum atomic E-state index is 13.2. The number of aromatic amines is 1. The van der Waals surface area contributed by atoms with E-state index in [1.165, 1.54) is 12.7 Å². The Labute approximate surface area is 178 Å². The van der Waals surface area contributed by atoms with Crippen LogP contribution in [-0.4, -0.2) is 42.1 Å². The second-order valence-corrected chi connectivity index (χ2v) is 7.89. The Balaban J connectivity index is 1.53. The molecule has 0 saturated carbocycles. The van der Waals surface area contributed by atoms with E-state index in [9.17, 15) is 18.0 Å². The van der Waals surface area contributed by atoms with Crippen molar-refractivity contribution in [2.75, 3.05) is 6.54 Å². The lowest BCUT2D eigenvalue weighted by atomic mass is 10.1. The van der Waals surface area contributed by atoms with Crippen LogP contribution in [0, 0.1) is 0 Å². The lowest BCUT2D eigenvalue weighted by Gasteiger charge is -2.27. The highest BCUT2D eigenvalue weighted by Gasteiger charge is 2.31. The summed E-state index contributed by atoms with van der Waals surface area (Å²) in [5, 5.41) is 0.573. The van der Waals surface area contributed by atoms with Crippen LogP contribution in [-0.2, 0) is 26.1 Å². The second kappa shape index (κ2) is 7.31. The number of hydrogen-bond donors (Lipinski definition) is 1. The van der Waals surface area contributed by atoms with Gasteiger partial charge in [0.15, 0.2) is 5.15 Å². The summed E-state index contributed by atoms with van der Waals surface area (Å²) in [5.41, 5.74) is 3.22. The number of hydrogen-bond acceptors (Lipinski definition) is 5. The molecule has 3 aromatic heterocycles. The average molecular weight is 449 g/mol. The standard InChI is InChI=1S/C20H16ClF3N6O/c21-18-17-16(26-10-27-18)13-5-11(1-2-15(13)30(17)8-20(22,23)24)6-29-4-3-12-14(7-29)25-9-28-19(12)31/h1-2,5,9-10H,3-4,6-8H2,(H,25,28,31). The minimum atomic E-state index is -4.41. The highest BCUT2D eigenvalue weighted by Crippen LogP contribution is 2.34. The minimum absolute atomic E-state index is 0.0177. The maximum absolute atomic E-state index is 13.2. The smallest absolute Gasteiger partial charge is 0.327 e. The molecule has 0 saturated heterocycles. The Kier molecular flexibility index (Phi) is 4.71. The zero-order valence-corrected chi connectivity index (χ0v) is 16.8. The normalized spacial score (nSPS) is 15.0. The van der Waals surface area contributed by atoms with E-state index in [2.05, 4.69) is 24.8 Å². The summed E-state index contributed by atoms with van der Waals surface area (Å²) in [6.45, 7) is 0.599. The van der Waals surface area contributed by atoms with Crippen molar-refractivity contribution in [3.8, 4) is 0 Å². The zero-order chi connectivity index (χ0) is 21.8. The van der Waals surface area contributed by atoms with E-state index in [1.807, 2.05) is 6.07 Å². The van der Waals surface area contributed by atoms with Crippen LogP contribution in [0.5, 0.6) is 0 Å². The van der Waals surface area contributed by atoms with E-state index >= 15 is 0 Å². The molecule has 0 unspecified atom stereocenters. The van der Waals surface area contributed by atoms with Crippen LogP contribution in [0.2, 0.25) is 5.15 Å². The Bertz CT molecular complexity index is 1360. The van der Waals surface area contributed by atoms with Crippen LogP contribution in [0.4, 0.5) is 13.2 Å². The molecule has 160 valence electrons. The van der Waals surface area contributed by atoms with Crippen molar-refractivity contribution in [2.45, 2.75) is 32.2 Å². The SMILES string of the molecule is O=c1[nH]cnc2c1CCN(Cc1ccc3c(c1)c1ncnc(Cl)c1n3CC(F)(F)F)C2. The molecule has 4 heterocycles. The summed E-state index contributed by atoms with van der Waals surface area (Å²) in [6.07, 6.45) is -1.17. The van der Waals surface area contributed by atoms with E-state index in [4.69, 9.17) is 11.6 Å². The Hall–Kier alpha value is -2.98. The fourth-order valence-electron chi connectivity index (χ4n) is 4.18. The van der Waals surface area contributed by atoms with E-state index in [0.717, 1.165) is 15.8 Å². The number of rotatable bonds is 3. The maximum Gasteiger partial charge on any atom is 0.406 e.